The van der Waals surface area contributed by atoms with Crippen LogP contribution in [-0.2, 0) is 5.75 Å². The molecule has 0 saturated heterocycles. The highest BCUT2D eigenvalue weighted by Gasteiger charge is 2.13. The molecule has 2 rings (SSSR count). The normalized spacial score (nSPS) is 10.5. The Bertz CT molecular complexity index is 585. The Morgan fingerprint density at radius 2 is 2.39 bits per heavy atom. The van der Waals surface area contributed by atoms with Crippen LogP contribution in [0.15, 0.2) is 16.7 Å². The lowest BCUT2D eigenvalue weighted by molar-refractivity contribution is 0.0695. The van der Waals surface area contributed by atoms with Crippen molar-refractivity contribution in [2.24, 2.45) is 0 Å². The van der Waals surface area contributed by atoms with Crippen LogP contribution in [0.25, 0.3) is 0 Å². The molecular weight excluding hydrogens is 272 g/mol. The molecule has 0 atom stereocenters. The molecule has 0 unspecified atom stereocenters. The molecule has 0 fully saturated rings. The zero-order valence-corrected chi connectivity index (χ0v) is 11.1. The number of hydrogen-bond donors (Lipinski definition) is 2. The number of nitrogen functional groups attached to an aromatic ring is 1. The Hall–Kier alpha value is -1.67. The fraction of sp³-hybridized carbons (Fsp3) is 0.200. The van der Waals surface area contributed by atoms with Gasteiger partial charge in [0, 0.05) is 11.9 Å². The second kappa shape index (κ2) is 5.32. The highest BCUT2D eigenvalue weighted by Crippen LogP contribution is 2.32. The molecule has 0 amide bonds. The summed E-state index contributed by atoms with van der Waals surface area (Å²) in [6.45, 7) is 1.87. The van der Waals surface area contributed by atoms with E-state index in [-0.39, 0.29) is 5.56 Å². The van der Waals surface area contributed by atoms with Crippen molar-refractivity contribution in [2.75, 3.05) is 5.73 Å². The van der Waals surface area contributed by atoms with Gasteiger partial charge in [-0.05, 0) is 6.92 Å². The standard InChI is InChI=1S/C10H10N4O2S2/c1-5-9(18-10(11)14-5)17-3-7-6(8(15)16)2-12-4-13-7/h2,4H,3H2,1H3,(H2,11,14)(H,15,16). The third kappa shape index (κ3) is 2.77. The maximum absolute atomic E-state index is 11.0. The molecule has 2 heterocycles. The number of anilines is 1. The van der Waals surface area contributed by atoms with Crippen LogP contribution in [0.5, 0.6) is 0 Å². The topological polar surface area (TPSA) is 102 Å². The van der Waals surface area contributed by atoms with Crippen LogP contribution >= 0.6 is 23.1 Å². The molecule has 8 heteroatoms. The second-order valence-corrected chi connectivity index (χ2v) is 5.68. The number of rotatable bonds is 4. The van der Waals surface area contributed by atoms with Gasteiger partial charge in [0.1, 0.15) is 11.9 Å². The van der Waals surface area contributed by atoms with Gasteiger partial charge in [-0.15, -0.1) is 11.8 Å². The van der Waals surface area contributed by atoms with Gasteiger partial charge in [-0.2, -0.15) is 0 Å². The first kappa shape index (κ1) is 12.8. The van der Waals surface area contributed by atoms with Crippen LogP contribution in [0, 0.1) is 6.92 Å². The number of carboxylic acid groups (broad SMARTS) is 1. The quantitative estimate of drug-likeness (QED) is 0.824. The van der Waals surface area contributed by atoms with Gasteiger partial charge >= 0.3 is 5.97 Å². The maximum atomic E-state index is 11.0. The first-order valence-corrected chi connectivity index (χ1v) is 6.76. The number of carboxylic acids is 1. The van der Waals surface area contributed by atoms with E-state index >= 15 is 0 Å². The average molecular weight is 282 g/mol. The fourth-order valence-electron chi connectivity index (χ4n) is 1.32. The molecule has 94 valence electrons. The largest absolute Gasteiger partial charge is 0.478 e. The minimum atomic E-state index is -1.02. The van der Waals surface area contributed by atoms with E-state index in [1.54, 1.807) is 0 Å². The van der Waals surface area contributed by atoms with Crippen molar-refractivity contribution in [2.45, 2.75) is 16.9 Å². The fourth-order valence-corrected chi connectivity index (χ4v) is 3.31. The number of aromatic carboxylic acids is 1. The van der Waals surface area contributed by atoms with Crippen LogP contribution < -0.4 is 5.73 Å². The van der Waals surface area contributed by atoms with Crippen molar-refractivity contribution in [1.82, 2.24) is 15.0 Å². The Balaban J connectivity index is 2.15. The van der Waals surface area contributed by atoms with Crippen LogP contribution in [0.3, 0.4) is 0 Å². The molecule has 0 radical (unpaired) electrons. The van der Waals surface area contributed by atoms with Crippen molar-refractivity contribution in [3.05, 3.63) is 29.5 Å². The number of hydrogen-bond acceptors (Lipinski definition) is 7. The summed E-state index contributed by atoms with van der Waals surface area (Å²) in [6, 6.07) is 0. The first-order chi connectivity index (χ1) is 8.58. The van der Waals surface area contributed by atoms with Gasteiger partial charge in [0.25, 0.3) is 0 Å². The Kier molecular flexibility index (Phi) is 3.78. The predicted octanol–water partition coefficient (Wildman–Crippen LogP) is 1.81. The van der Waals surface area contributed by atoms with E-state index in [2.05, 4.69) is 15.0 Å². The lowest BCUT2D eigenvalue weighted by atomic mass is 10.2. The van der Waals surface area contributed by atoms with E-state index in [9.17, 15) is 4.79 Å². The number of thiazole rings is 1. The van der Waals surface area contributed by atoms with Gasteiger partial charge in [-0.1, -0.05) is 11.3 Å². The Morgan fingerprint density at radius 1 is 1.61 bits per heavy atom. The monoisotopic (exact) mass is 282 g/mol. The van der Waals surface area contributed by atoms with Gasteiger partial charge in [0.2, 0.25) is 0 Å². The van der Waals surface area contributed by atoms with Crippen molar-refractivity contribution in [3.63, 3.8) is 0 Å². The number of nitrogens with zero attached hydrogens (tertiary/aromatic N) is 3. The van der Waals surface area contributed by atoms with Gasteiger partial charge in [-0.3, -0.25) is 0 Å². The molecule has 2 aromatic rings. The lowest BCUT2D eigenvalue weighted by Crippen LogP contribution is -2.04. The van der Waals surface area contributed by atoms with Crippen molar-refractivity contribution in [1.29, 1.82) is 0 Å². The average Bonchev–Trinajstić information content (AvgIpc) is 2.65. The predicted molar refractivity (Wildman–Crippen MR) is 69.8 cm³/mol. The van der Waals surface area contributed by atoms with E-state index in [0.717, 1.165) is 9.90 Å². The second-order valence-electron chi connectivity index (χ2n) is 3.40. The summed E-state index contributed by atoms with van der Waals surface area (Å²) in [6.07, 6.45) is 2.65. The number of nitrogens with two attached hydrogens (primary N) is 1. The number of thioether (sulfide) groups is 1. The summed E-state index contributed by atoms with van der Waals surface area (Å²) in [5, 5.41) is 9.51. The van der Waals surface area contributed by atoms with Crippen molar-refractivity contribution in [3.8, 4) is 0 Å². The molecule has 0 spiro atoms. The summed E-state index contributed by atoms with van der Waals surface area (Å²) >= 11 is 2.86. The molecule has 2 aromatic heterocycles. The minimum Gasteiger partial charge on any atom is -0.478 e. The number of aromatic nitrogens is 3. The maximum Gasteiger partial charge on any atom is 0.339 e. The Morgan fingerprint density at radius 3 is 3.00 bits per heavy atom. The van der Waals surface area contributed by atoms with Gasteiger partial charge in [0.15, 0.2) is 5.13 Å². The summed E-state index contributed by atoms with van der Waals surface area (Å²) in [5.74, 6) is -0.571. The van der Waals surface area contributed by atoms with Gasteiger partial charge in [-0.25, -0.2) is 19.7 Å². The van der Waals surface area contributed by atoms with E-state index in [1.807, 2.05) is 6.92 Å². The molecule has 0 saturated carbocycles. The van der Waals surface area contributed by atoms with E-state index in [0.29, 0.717) is 16.6 Å². The van der Waals surface area contributed by atoms with E-state index in [1.165, 1.54) is 35.6 Å². The zero-order valence-electron chi connectivity index (χ0n) is 9.45. The molecular formula is C10H10N4O2S2. The molecule has 0 aliphatic carbocycles. The van der Waals surface area contributed by atoms with Gasteiger partial charge in [0.05, 0.1) is 15.6 Å². The molecule has 0 aliphatic rings. The van der Waals surface area contributed by atoms with Crippen LogP contribution in [0.2, 0.25) is 0 Å². The molecule has 0 aliphatic heterocycles. The highest BCUT2D eigenvalue weighted by atomic mass is 32.2. The third-order valence-corrected chi connectivity index (χ3v) is 4.50. The van der Waals surface area contributed by atoms with Crippen LogP contribution in [-0.4, -0.2) is 26.0 Å². The summed E-state index contributed by atoms with van der Waals surface area (Å²) in [5.41, 5.74) is 7.08. The van der Waals surface area contributed by atoms with Crippen LogP contribution in [0.4, 0.5) is 5.13 Å². The molecule has 6 nitrogen and oxygen atoms in total. The summed E-state index contributed by atoms with van der Waals surface area (Å²) in [4.78, 5) is 22.8. The smallest absolute Gasteiger partial charge is 0.339 e. The SMILES string of the molecule is Cc1nc(N)sc1SCc1ncncc1C(=O)O. The number of carbonyl (C=O) groups is 1. The van der Waals surface area contributed by atoms with Gasteiger partial charge < -0.3 is 10.8 Å². The first-order valence-electron chi connectivity index (χ1n) is 4.96. The van der Waals surface area contributed by atoms with E-state index < -0.39 is 5.97 Å². The summed E-state index contributed by atoms with van der Waals surface area (Å²) in [7, 11) is 0. The highest BCUT2D eigenvalue weighted by molar-refractivity contribution is 8.00. The van der Waals surface area contributed by atoms with Crippen LogP contribution in [0.1, 0.15) is 21.7 Å². The minimum absolute atomic E-state index is 0.125. The Labute approximate surface area is 111 Å². The number of aryl methyl sites for hydroxylation is 1. The molecule has 3 N–H and O–H groups in total. The lowest BCUT2D eigenvalue weighted by Gasteiger charge is -2.02. The summed E-state index contributed by atoms with van der Waals surface area (Å²) < 4.78 is 0.974. The van der Waals surface area contributed by atoms with Crippen molar-refractivity contribution < 1.29 is 9.90 Å². The third-order valence-electron chi connectivity index (χ3n) is 2.14. The molecule has 0 aromatic carbocycles. The zero-order chi connectivity index (χ0) is 13.1. The van der Waals surface area contributed by atoms with Crippen molar-refractivity contribution >= 4 is 34.2 Å². The molecule has 18 heavy (non-hydrogen) atoms. The molecule has 0 bridgehead atoms. The van der Waals surface area contributed by atoms with E-state index in [4.69, 9.17) is 10.8 Å².